The fraction of sp³-hybridized carbons (Fsp3) is 0.222. The smallest absolute Gasteiger partial charge is 0.0992 e. The maximum atomic E-state index is 8.36. The largest absolute Gasteiger partial charge is 0.399 e. The molecular weight excluding hydrogens is 136 g/mol. The lowest BCUT2D eigenvalue weighted by Gasteiger charge is -1.89. The van der Waals surface area contributed by atoms with Crippen molar-refractivity contribution < 1.29 is 0 Å². The lowest BCUT2D eigenvalue weighted by molar-refractivity contribution is 1.48. The second-order valence-electron chi connectivity index (χ2n) is 1.74. The third kappa shape index (κ3) is 3.27. The lowest BCUT2D eigenvalue weighted by atomic mass is 10.2. The van der Waals surface area contributed by atoms with E-state index in [1.165, 1.54) is 0 Å². The molecule has 0 unspecified atom stereocenters. The second kappa shape index (κ2) is 5.31. The van der Waals surface area contributed by atoms with Crippen molar-refractivity contribution in [2.45, 2.75) is 13.8 Å². The van der Waals surface area contributed by atoms with Crippen LogP contribution in [-0.4, -0.2) is 0 Å². The average molecular weight is 148 g/mol. The summed E-state index contributed by atoms with van der Waals surface area (Å²) in [5.41, 5.74) is 6.62. The Bertz CT molecular complexity index is 248. The number of benzene rings is 1. The Morgan fingerprint density at radius 2 is 2.00 bits per heavy atom. The number of hydrogen-bond donors (Lipinski definition) is 1. The van der Waals surface area contributed by atoms with Gasteiger partial charge in [-0.3, -0.25) is 0 Å². The summed E-state index contributed by atoms with van der Waals surface area (Å²) in [6.07, 6.45) is 0. The molecule has 0 bridgehead atoms. The van der Waals surface area contributed by atoms with E-state index in [1.807, 2.05) is 19.9 Å². The first-order valence-electron chi connectivity index (χ1n) is 3.58. The van der Waals surface area contributed by atoms with Crippen molar-refractivity contribution in [3.63, 3.8) is 0 Å². The maximum Gasteiger partial charge on any atom is 0.0992 e. The molecule has 0 aliphatic heterocycles. The number of nitrogen functional groups attached to an aromatic ring is 1. The summed E-state index contributed by atoms with van der Waals surface area (Å²) >= 11 is 0. The number of hydrogen-bond acceptors (Lipinski definition) is 2. The summed E-state index contributed by atoms with van der Waals surface area (Å²) in [5, 5.41) is 8.36. The Hall–Kier alpha value is -1.49. The van der Waals surface area contributed by atoms with Crippen molar-refractivity contribution in [3.8, 4) is 6.07 Å². The van der Waals surface area contributed by atoms with Gasteiger partial charge in [-0.25, -0.2) is 0 Å². The van der Waals surface area contributed by atoms with Gasteiger partial charge in [0, 0.05) is 5.69 Å². The molecule has 0 radical (unpaired) electrons. The topological polar surface area (TPSA) is 49.8 Å². The van der Waals surface area contributed by atoms with E-state index in [-0.39, 0.29) is 0 Å². The third-order valence-electron chi connectivity index (χ3n) is 1.02. The van der Waals surface area contributed by atoms with E-state index >= 15 is 0 Å². The number of anilines is 1. The SMILES string of the molecule is CC.N#Cc1cccc(N)c1. The second-order valence-corrected chi connectivity index (χ2v) is 1.74. The van der Waals surface area contributed by atoms with Gasteiger partial charge < -0.3 is 5.73 Å². The Morgan fingerprint density at radius 3 is 2.36 bits per heavy atom. The highest BCUT2D eigenvalue weighted by Crippen LogP contribution is 2.03. The third-order valence-corrected chi connectivity index (χ3v) is 1.02. The van der Waals surface area contributed by atoms with Crippen LogP contribution in [0.5, 0.6) is 0 Å². The van der Waals surface area contributed by atoms with Crippen molar-refractivity contribution in [2.75, 3.05) is 5.73 Å². The van der Waals surface area contributed by atoms with Crippen LogP contribution in [0.2, 0.25) is 0 Å². The molecule has 0 heterocycles. The molecule has 0 amide bonds. The first-order chi connectivity index (χ1) is 5.33. The van der Waals surface area contributed by atoms with Crippen LogP contribution in [0.15, 0.2) is 24.3 Å². The number of rotatable bonds is 0. The predicted octanol–water partition coefficient (Wildman–Crippen LogP) is 2.17. The Kier molecular flexibility index (Phi) is 4.59. The first-order valence-corrected chi connectivity index (χ1v) is 3.58. The highest BCUT2D eigenvalue weighted by molar-refractivity contribution is 5.44. The molecule has 0 aliphatic carbocycles. The predicted molar refractivity (Wildman–Crippen MR) is 46.9 cm³/mol. The standard InChI is InChI=1S/C7H6N2.C2H6/c8-5-6-2-1-3-7(9)4-6;1-2/h1-4H,9H2;1-2H3. The minimum absolute atomic E-state index is 0.606. The summed E-state index contributed by atoms with van der Waals surface area (Å²) in [5.74, 6) is 0. The molecule has 0 aromatic heterocycles. The zero-order chi connectivity index (χ0) is 8.69. The van der Waals surface area contributed by atoms with Crippen LogP contribution in [0.25, 0.3) is 0 Å². The molecule has 2 heteroatoms. The van der Waals surface area contributed by atoms with Gasteiger partial charge in [-0.05, 0) is 18.2 Å². The average Bonchev–Trinajstić information content (AvgIpc) is 2.08. The zero-order valence-electron chi connectivity index (χ0n) is 6.83. The number of nitrogens with zero attached hydrogens (tertiary/aromatic N) is 1. The van der Waals surface area contributed by atoms with E-state index < -0.39 is 0 Å². The van der Waals surface area contributed by atoms with Crippen molar-refractivity contribution >= 4 is 5.69 Å². The molecule has 58 valence electrons. The normalized spacial score (nSPS) is 7.36. The van der Waals surface area contributed by atoms with Crippen LogP contribution in [0.4, 0.5) is 5.69 Å². The van der Waals surface area contributed by atoms with Crippen LogP contribution in [0.1, 0.15) is 19.4 Å². The summed E-state index contributed by atoms with van der Waals surface area (Å²) in [7, 11) is 0. The van der Waals surface area contributed by atoms with Crippen molar-refractivity contribution in [1.29, 1.82) is 5.26 Å². The summed E-state index contributed by atoms with van der Waals surface area (Å²) < 4.78 is 0. The minimum atomic E-state index is 0.606. The highest BCUT2D eigenvalue weighted by Gasteiger charge is 1.86. The fourth-order valence-corrected chi connectivity index (χ4v) is 0.608. The Morgan fingerprint density at radius 1 is 1.36 bits per heavy atom. The maximum absolute atomic E-state index is 8.36. The molecule has 0 fully saturated rings. The van der Waals surface area contributed by atoms with Crippen molar-refractivity contribution in [1.82, 2.24) is 0 Å². The van der Waals surface area contributed by atoms with E-state index in [9.17, 15) is 0 Å². The van der Waals surface area contributed by atoms with Crippen molar-refractivity contribution in [2.24, 2.45) is 0 Å². The highest BCUT2D eigenvalue weighted by atomic mass is 14.5. The molecule has 2 nitrogen and oxygen atoms in total. The van der Waals surface area contributed by atoms with E-state index in [0.29, 0.717) is 11.3 Å². The summed E-state index contributed by atoms with van der Waals surface area (Å²) in [6, 6.07) is 8.85. The van der Waals surface area contributed by atoms with Gasteiger partial charge >= 0.3 is 0 Å². The monoisotopic (exact) mass is 148 g/mol. The molecule has 1 aromatic carbocycles. The molecule has 1 rings (SSSR count). The molecule has 0 saturated heterocycles. The van der Waals surface area contributed by atoms with E-state index in [0.717, 1.165) is 0 Å². The van der Waals surface area contributed by atoms with Crippen LogP contribution >= 0.6 is 0 Å². The summed E-state index contributed by atoms with van der Waals surface area (Å²) in [6.45, 7) is 4.00. The van der Waals surface area contributed by atoms with Gasteiger partial charge in [0.25, 0.3) is 0 Å². The van der Waals surface area contributed by atoms with Gasteiger partial charge in [0.15, 0.2) is 0 Å². The molecule has 0 saturated carbocycles. The molecule has 0 aliphatic rings. The van der Waals surface area contributed by atoms with Gasteiger partial charge in [-0.1, -0.05) is 19.9 Å². The first kappa shape index (κ1) is 9.51. The summed E-state index contributed by atoms with van der Waals surface area (Å²) in [4.78, 5) is 0. The lowest BCUT2D eigenvalue weighted by Crippen LogP contribution is -1.83. The van der Waals surface area contributed by atoms with Gasteiger partial charge in [0.05, 0.1) is 11.6 Å². The van der Waals surface area contributed by atoms with Crippen LogP contribution in [-0.2, 0) is 0 Å². The molecule has 0 spiro atoms. The van der Waals surface area contributed by atoms with Gasteiger partial charge in [0.2, 0.25) is 0 Å². The number of nitriles is 1. The quantitative estimate of drug-likeness (QED) is 0.573. The van der Waals surface area contributed by atoms with Gasteiger partial charge in [-0.15, -0.1) is 0 Å². The van der Waals surface area contributed by atoms with Gasteiger partial charge in [-0.2, -0.15) is 5.26 Å². The molecule has 0 atom stereocenters. The van der Waals surface area contributed by atoms with Gasteiger partial charge in [0.1, 0.15) is 0 Å². The fourth-order valence-electron chi connectivity index (χ4n) is 0.608. The zero-order valence-corrected chi connectivity index (χ0v) is 6.83. The molecule has 1 aromatic rings. The molecule has 2 N–H and O–H groups in total. The van der Waals surface area contributed by atoms with Crippen molar-refractivity contribution in [3.05, 3.63) is 29.8 Å². The van der Waals surface area contributed by atoms with Crippen LogP contribution in [0, 0.1) is 11.3 Å². The minimum Gasteiger partial charge on any atom is -0.399 e. The molecule has 11 heavy (non-hydrogen) atoms. The Labute approximate surface area is 67.3 Å². The van der Waals surface area contributed by atoms with E-state index in [2.05, 4.69) is 0 Å². The van der Waals surface area contributed by atoms with Crippen LogP contribution < -0.4 is 5.73 Å². The Balaban J connectivity index is 0.000000461. The molecular formula is C9H12N2. The van der Waals surface area contributed by atoms with Crippen LogP contribution in [0.3, 0.4) is 0 Å². The number of nitrogens with two attached hydrogens (primary N) is 1. The van der Waals surface area contributed by atoms with E-state index in [1.54, 1.807) is 24.3 Å². The van der Waals surface area contributed by atoms with E-state index in [4.69, 9.17) is 11.0 Å².